The number of rotatable bonds is 2. The van der Waals surface area contributed by atoms with Crippen molar-refractivity contribution in [3.05, 3.63) is 21.9 Å². The summed E-state index contributed by atoms with van der Waals surface area (Å²) in [5, 5.41) is 9.18. The van der Waals surface area contributed by atoms with Crippen LogP contribution in [0.4, 0.5) is 0 Å². The molecule has 2 nitrogen and oxygen atoms in total. The van der Waals surface area contributed by atoms with Crippen LogP contribution >= 0.6 is 22.7 Å². The minimum absolute atomic E-state index is 0.530. The second-order valence-electron chi connectivity index (χ2n) is 4.08. The third-order valence-corrected chi connectivity index (χ3v) is 5.37. The lowest BCUT2D eigenvalue weighted by Crippen LogP contribution is -2.17. The molecule has 2 aromatic rings. The van der Waals surface area contributed by atoms with Crippen molar-refractivity contribution in [2.75, 3.05) is 0 Å². The number of hydrogen-bond acceptors (Lipinski definition) is 3. The summed E-state index contributed by atoms with van der Waals surface area (Å²) < 4.78 is 2.47. The monoisotopic (exact) mass is 238 g/mol. The Kier molecular flexibility index (Phi) is 1.77. The van der Waals surface area contributed by atoms with Gasteiger partial charge in [-0.05, 0) is 31.9 Å². The summed E-state index contributed by atoms with van der Waals surface area (Å²) in [5.41, 5.74) is -0.530. The lowest BCUT2D eigenvalue weighted by molar-refractivity contribution is -0.139. The number of carbonyl (C=O) groups is 1. The summed E-state index contributed by atoms with van der Waals surface area (Å²) in [4.78, 5) is 13.5. The van der Waals surface area contributed by atoms with Gasteiger partial charge in [-0.1, -0.05) is 0 Å². The molecule has 1 N–H and O–H groups in total. The smallest absolute Gasteiger partial charge is 0.314 e. The van der Waals surface area contributed by atoms with Crippen LogP contribution in [-0.4, -0.2) is 11.1 Å². The number of hydrogen-bond donors (Lipinski definition) is 1. The minimum atomic E-state index is -0.659. The number of aliphatic carboxylic acids is 1. The van der Waals surface area contributed by atoms with Crippen LogP contribution in [0.1, 0.15) is 22.6 Å². The van der Waals surface area contributed by atoms with E-state index in [9.17, 15) is 9.90 Å². The fourth-order valence-electron chi connectivity index (χ4n) is 1.88. The van der Waals surface area contributed by atoms with Gasteiger partial charge >= 0.3 is 5.97 Å². The molecule has 0 radical (unpaired) electrons. The van der Waals surface area contributed by atoms with Gasteiger partial charge < -0.3 is 5.11 Å². The number of thiophene rings is 2. The van der Waals surface area contributed by atoms with Crippen LogP contribution in [0.3, 0.4) is 0 Å². The summed E-state index contributed by atoms with van der Waals surface area (Å²) in [5.74, 6) is -0.659. The van der Waals surface area contributed by atoms with Gasteiger partial charge in [0.2, 0.25) is 0 Å². The van der Waals surface area contributed by atoms with Crippen molar-refractivity contribution in [3.63, 3.8) is 0 Å². The SMILES string of the molecule is Cc1cc2sc(C3(C(=O)O)CC3)cc2s1. The molecular formula is C11H10O2S2. The fraction of sp³-hybridized carbons (Fsp3) is 0.364. The van der Waals surface area contributed by atoms with Crippen molar-refractivity contribution in [2.24, 2.45) is 0 Å². The molecule has 1 fully saturated rings. The molecule has 0 saturated heterocycles. The lowest BCUT2D eigenvalue weighted by atomic mass is 10.1. The summed E-state index contributed by atoms with van der Waals surface area (Å²) in [6.07, 6.45) is 1.60. The van der Waals surface area contributed by atoms with E-state index in [0.717, 1.165) is 17.7 Å². The van der Waals surface area contributed by atoms with Crippen LogP contribution in [0.2, 0.25) is 0 Å². The molecule has 4 heteroatoms. The van der Waals surface area contributed by atoms with E-state index in [4.69, 9.17) is 0 Å². The zero-order chi connectivity index (χ0) is 10.6. The summed E-state index contributed by atoms with van der Waals surface area (Å²) in [6, 6.07) is 4.21. The Hall–Kier alpha value is -0.870. The first kappa shape index (κ1) is 9.36. The quantitative estimate of drug-likeness (QED) is 0.870. The van der Waals surface area contributed by atoms with Crippen molar-refractivity contribution in [3.8, 4) is 0 Å². The number of fused-ring (bicyclic) bond motifs is 1. The second-order valence-corrected chi connectivity index (χ2v) is 6.46. The van der Waals surface area contributed by atoms with Crippen molar-refractivity contribution >= 4 is 38.0 Å². The predicted molar refractivity (Wildman–Crippen MR) is 63.0 cm³/mol. The molecular weight excluding hydrogens is 228 g/mol. The van der Waals surface area contributed by atoms with E-state index >= 15 is 0 Å². The van der Waals surface area contributed by atoms with E-state index in [-0.39, 0.29) is 0 Å². The summed E-state index contributed by atoms with van der Waals surface area (Å²) >= 11 is 3.39. The molecule has 1 aliphatic rings. The van der Waals surface area contributed by atoms with Gasteiger partial charge in [0.1, 0.15) is 5.41 Å². The molecule has 1 aliphatic carbocycles. The first-order chi connectivity index (χ1) is 7.12. The van der Waals surface area contributed by atoms with Crippen LogP contribution < -0.4 is 0 Å². The molecule has 15 heavy (non-hydrogen) atoms. The van der Waals surface area contributed by atoms with Gasteiger partial charge in [-0.3, -0.25) is 4.79 Å². The minimum Gasteiger partial charge on any atom is -0.481 e. The average Bonchev–Trinajstić information content (AvgIpc) is 2.77. The van der Waals surface area contributed by atoms with Gasteiger partial charge in [0, 0.05) is 19.2 Å². The van der Waals surface area contributed by atoms with Gasteiger partial charge in [0.25, 0.3) is 0 Å². The van der Waals surface area contributed by atoms with E-state index in [0.29, 0.717) is 0 Å². The Balaban J connectivity index is 2.12. The zero-order valence-electron chi connectivity index (χ0n) is 8.24. The first-order valence-corrected chi connectivity index (χ1v) is 6.49. The molecule has 2 heterocycles. The normalized spacial score (nSPS) is 18.2. The topological polar surface area (TPSA) is 37.3 Å². The highest BCUT2D eigenvalue weighted by atomic mass is 32.1. The Morgan fingerprint density at radius 1 is 1.33 bits per heavy atom. The Morgan fingerprint density at radius 3 is 2.53 bits per heavy atom. The standard InChI is InChI=1S/C11H10O2S2/c1-6-4-7-8(14-6)5-9(15-7)11(2-3-11)10(12)13/h4-5H,2-3H2,1H3,(H,12,13). The third kappa shape index (κ3) is 1.25. The molecule has 0 amide bonds. The van der Waals surface area contributed by atoms with Gasteiger partial charge in [-0.2, -0.15) is 0 Å². The van der Waals surface area contributed by atoms with Crippen molar-refractivity contribution in [1.82, 2.24) is 0 Å². The molecule has 0 aromatic carbocycles. The molecule has 0 unspecified atom stereocenters. The number of carboxylic acids is 1. The van der Waals surface area contributed by atoms with Gasteiger partial charge in [-0.25, -0.2) is 0 Å². The lowest BCUT2D eigenvalue weighted by Gasteiger charge is -2.04. The van der Waals surface area contributed by atoms with Crippen LogP contribution in [0.5, 0.6) is 0 Å². The Morgan fingerprint density at radius 2 is 2.00 bits per heavy atom. The van der Waals surface area contributed by atoms with Gasteiger partial charge in [-0.15, -0.1) is 22.7 Å². The highest BCUT2D eigenvalue weighted by Gasteiger charge is 2.52. The van der Waals surface area contributed by atoms with Crippen LogP contribution in [0.15, 0.2) is 12.1 Å². The third-order valence-electron chi connectivity index (χ3n) is 2.96. The zero-order valence-corrected chi connectivity index (χ0v) is 9.87. The fourth-order valence-corrected chi connectivity index (χ4v) is 4.44. The van der Waals surface area contributed by atoms with E-state index in [1.54, 1.807) is 22.7 Å². The maximum absolute atomic E-state index is 11.2. The Bertz CT molecular complexity index is 514. The van der Waals surface area contributed by atoms with E-state index in [1.807, 2.05) is 0 Å². The van der Waals surface area contributed by atoms with Crippen LogP contribution in [0, 0.1) is 6.92 Å². The number of carboxylic acid groups (broad SMARTS) is 1. The molecule has 0 atom stereocenters. The van der Waals surface area contributed by atoms with Gasteiger partial charge in [0.15, 0.2) is 0 Å². The molecule has 78 valence electrons. The second kappa shape index (κ2) is 2.83. The van der Waals surface area contributed by atoms with Crippen molar-refractivity contribution in [2.45, 2.75) is 25.2 Å². The van der Waals surface area contributed by atoms with E-state index in [2.05, 4.69) is 19.1 Å². The molecule has 0 spiro atoms. The average molecular weight is 238 g/mol. The predicted octanol–water partition coefficient (Wildman–Crippen LogP) is 3.39. The van der Waals surface area contributed by atoms with Crippen molar-refractivity contribution < 1.29 is 9.90 Å². The number of aryl methyl sites for hydroxylation is 1. The van der Waals surface area contributed by atoms with Crippen LogP contribution in [-0.2, 0) is 10.2 Å². The largest absolute Gasteiger partial charge is 0.481 e. The van der Waals surface area contributed by atoms with Gasteiger partial charge in [0.05, 0.1) is 0 Å². The molecule has 1 saturated carbocycles. The maximum Gasteiger partial charge on any atom is 0.314 e. The molecule has 0 bridgehead atoms. The highest BCUT2D eigenvalue weighted by molar-refractivity contribution is 7.27. The summed E-state index contributed by atoms with van der Waals surface area (Å²) in [6.45, 7) is 2.08. The Labute approximate surface area is 95.2 Å². The van der Waals surface area contributed by atoms with Crippen molar-refractivity contribution in [1.29, 1.82) is 0 Å². The first-order valence-electron chi connectivity index (χ1n) is 4.86. The molecule has 0 aliphatic heterocycles. The highest BCUT2D eigenvalue weighted by Crippen LogP contribution is 2.52. The summed E-state index contributed by atoms with van der Waals surface area (Å²) in [7, 11) is 0. The maximum atomic E-state index is 11.2. The molecule has 2 aromatic heterocycles. The van der Waals surface area contributed by atoms with Crippen LogP contribution in [0.25, 0.3) is 9.40 Å². The van der Waals surface area contributed by atoms with E-state index < -0.39 is 11.4 Å². The molecule has 3 rings (SSSR count). The van der Waals surface area contributed by atoms with E-state index in [1.165, 1.54) is 14.3 Å².